The first-order chi connectivity index (χ1) is 9.33. The molecule has 0 unspecified atom stereocenters. The minimum atomic E-state index is 0.504. The predicted octanol–water partition coefficient (Wildman–Crippen LogP) is 2.98. The molecule has 4 heteroatoms. The molecule has 2 aromatic rings. The largest absolute Gasteiger partial charge is 0.497 e. The van der Waals surface area contributed by atoms with Crippen molar-refractivity contribution in [1.29, 1.82) is 0 Å². The number of nitrogens with one attached hydrogen (secondary N) is 1. The van der Waals surface area contributed by atoms with Crippen LogP contribution >= 0.6 is 0 Å². The molecule has 0 fully saturated rings. The topological polar surface area (TPSA) is 43.6 Å². The van der Waals surface area contributed by atoms with Gasteiger partial charge in [-0.3, -0.25) is 0 Å². The van der Waals surface area contributed by atoms with Gasteiger partial charge < -0.3 is 19.2 Å². The Bertz CT molecular complexity index is 490. The second kappa shape index (κ2) is 6.85. The summed E-state index contributed by atoms with van der Waals surface area (Å²) in [5.74, 6) is 2.57. The second-order valence-corrected chi connectivity index (χ2v) is 4.11. The number of hydrogen-bond acceptors (Lipinski definition) is 4. The van der Waals surface area contributed by atoms with E-state index in [4.69, 9.17) is 13.9 Å². The molecule has 4 nitrogen and oxygen atoms in total. The van der Waals surface area contributed by atoms with Crippen molar-refractivity contribution in [3.05, 3.63) is 47.9 Å². The van der Waals surface area contributed by atoms with E-state index in [0.717, 1.165) is 35.9 Å². The first-order valence-corrected chi connectivity index (χ1v) is 6.36. The van der Waals surface area contributed by atoms with Crippen LogP contribution in [0.5, 0.6) is 11.5 Å². The second-order valence-electron chi connectivity index (χ2n) is 4.11. The number of benzene rings is 1. The zero-order chi connectivity index (χ0) is 13.5. The Morgan fingerprint density at radius 1 is 1.11 bits per heavy atom. The van der Waals surface area contributed by atoms with Crippen LogP contribution in [-0.4, -0.2) is 13.7 Å². The van der Waals surface area contributed by atoms with Crippen molar-refractivity contribution >= 4 is 0 Å². The zero-order valence-electron chi connectivity index (χ0n) is 11.3. The van der Waals surface area contributed by atoms with Crippen LogP contribution in [0.25, 0.3) is 0 Å². The number of methoxy groups -OCH3 is 1. The highest BCUT2D eigenvalue weighted by Gasteiger charge is 2.06. The first-order valence-electron chi connectivity index (χ1n) is 6.36. The van der Waals surface area contributed by atoms with Gasteiger partial charge in [-0.1, -0.05) is 6.92 Å². The van der Waals surface area contributed by atoms with Crippen LogP contribution in [0, 0.1) is 0 Å². The summed E-state index contributed by atoms with van der Waals surface area (Å²) in [4.78, 5) is 0. The molecule has 0 aliphatic carbocycles. The zero-order valence-corrected chi connectivity index (χ0v) is 11.3. The van der Waals surface area contributed by atoms with E-state index in [1.165, 1.54) is 0 Å². The molecule has 0 aliphatic rings. The Morgan fingerprint density at radius 2 is 1.84 bits per heavy atom. The van der Waals surface area contributed by atoms with Crippen LogP contribution in [0.2, 0.25) is 0 Å². The molecular weight excluding hydrogens is 242 g/mol. The molecular formula is C15H19NO3. The van der Waals surface area contributed by atoms with Crippen LogP contribution in [0.1, 0.15) is 18.2 Å². The summed E-state index contributed by atoms with van der Waals surface area (Å²) in [6, 6.07) is 9.48. The molecule has 19 heavy (non-hydrogen) atoms. The maximum absolute atomic E-state index is 5.73. The normalized spacial score (nSPS) is 10.4. The van der Waals surface area contributed by atoms with Gasteiger partial charge in [0.05, 0.1) is 19.9 Å². The highest BCUT2D eigenvalue weighted by molar-refractivity contribution is 5.31. The molecule has 0 radical (unpaired) electrons. The minimum Gasteiger partial charge on any atom is -0.497 e. The van der Waals surface area contributed by atoms with E-state index < -0.39 is 0 Å². The summed E-state index contributed by atoms with van der Waals surface area (Å²) in [5.41, 5.74) is 1.07. The Kier molecular flexibility index (Phi) is 4.86. The molecule has 0 saturated carbocycles. The fourth-order valence-corrected chi connectivity index (χ4v) is 1.72. The Hall–Kier alpha value is -1.94. The average Bonchev–Trinajstić information content (AvgIpc) is 2.91. The van der Waals surface area contributed by atoms with Gasteiger partial charge in [0.2, 0.25) is 0 Å². The first kappa shape index (κ1) is 13.5. The van der Waals surface area contributed by atoms with Gasteiger partial charge in [0, 0.05) is 5.56 Å². The van der Waals surface area contributed by atoms with Crippen molar-refractivity contribution < 1.29 is 13.9 Å². The monoisotopic (exact) mass is 261 g/mol. The lowest BCUT2D eigenvalue weighted by atomic mass is 10.2. The molecule has 1 heterocycles. The lowest BCUT2D eigenvalue weighted by molar-refractivity contribution is 0.300. The standard InChI is InChI=1S/C15H19NO3/c1-3-16-10-15-12(8-9-18-15)11-19-14-6-4-13(17-2)5-7-14/h4-9,16H,3,10-11H2,1-2H3. The summed E-state index contributed by atoms with van der Waals surface area (Å²) >= 11 is 0. The van der Waals surface area contributed by atoms with Gasteiger partial charge in [-0.25, -0.2) is 0 Å². The summed E-state index contributed by atoms with van der Waals surface area (Å²) in [5, 5.41) is 3.24. The lowest BCUT2D eigenvalue weighted by Crippen LogP contribution is -2.12. The van der Waals surface area contributed by atoms with Crippen molar-refractivity contribution in [3.8, 4) is 11.5 Å². The van der Waals surface area contributed by atoms with E-state index in [2.05, 4.69) is 12.2 Å². The van der Waals surface area contributed by atoms with Gasteiger partial charge in [-0.15, -0.1) is 0 Å². The highest BCUT2D eigenvalue weighted by atomic mass is 16.5. The van der Waals surface area contributed by atoms with Gasteiger partial charge in [0.25, 0.3) is 0 Å². The van der Waals surface area contributed by atoms with E-state index >= 15 is 0 Å². The molecule has 0 saturated heterocycles. The van der Waals surface area contributed by atoms with Crippen LogP contribution in [0.15, 0.2) is 41.0 Å². The van der Waals surface area contributed by atoms with Crippen molar-refractivity contribution in [2.24, 2.45) is 0 Å². The number of hydrogen-bond donors (Lipinski definition) is 1. The van der Waals surface area contributed by atoms with Gasteiger partial charge in [0.1, 0.15) is 23.9 Å². The Balaban J connectivity index is 1.92. The van der Waals surface area contributed by atoms with Crippen LogP contribution in [-0.2, 0) is 13.2 Å². The molecule has 1 aromatic heterocycles. The smallest absolute Gasteiger partial charge is 0.124 e. The molecule has 1 aromatic carbocycles. The number of ether oxygens (including phenoxy) is 2. The van der Waals surface area contributed by atoms with E-state index in [1.807, 2.05) is 30.3 Å². The molecule has 1 N–H and O–H groups in total. The predicted molar refractivity (Wildman–Crippen MR) is 73.4 cm³/mol. The van der Waals surface area contributed by atoms with E-state index in [-0.39, 0.29) is 0 Å². The fraction of sp³-hybridized carbons (Fsp3) is 0.333. The maximum Gasteiger partial charge on any atom is 0.124 e. The van der Waals surface area contributed by atoms with Crippen molar-refractivity contribution in [2.45, 2.75) is 20.1 Å². The van der Waals surface area contributed by atoms with Crippen LogP contribution < -0.4 is 14.8 Å². The number of rotatable bonds is 7. The minimum absolute atomic E-state index is 0.504. The highest BCUT2D eigenvalue weighted by Crippen LogP contribution is 2.19. The van der Waals surface area contributed by atoms with Gasteiger partial charge >= 0.3 is 0 Å². The quantitative estimate of drug-likeness (QED) is 0.832. The Labute approximate surface area is 113 Å². The molecule has 0 spiro atoms. The molecule has 102 valence electrons. The summed E-state index contributed by atoms with van der Waals surface area (Å²) in [6.45, 7) is 4.21. The lowest BCUT2D eigenvalue weighted by Gasteiger charge is -2.07. The van der Waals surface area contributed by atoms with Crippen LogP contribution in [0.3, 0.4) is 0 Å². The SMILES string of the molecule is CCNCc1occc1COc1ccc(OC)cc1. The molecule has 0 amide bonds. The molecule has 0 aliphatic heterocycles. The summed E-state index contributed by atoms with van der Waals surface area (Å²) in [7, 11) is 1.65. The third-order valence-corrected chi connectivity index (χ3v) is 2.83. The molecule has 0 bridgehead atoms. The van der Waals surface area contributed by atoms with Crippen molar-refractivity contribution in [1.82, 2.24) is 5.32 Å². The maximum atomic E-state index is 5.73. The van der Waals surface area contributed by atoms with Crippen molar-refractivity contribution in [2.75, 3.05) is 13.7 Å². The third kappa shape index (κ3) is 3.76. The summed E-state index contributed by atoms with van der Waals surface area (Å²) in [6.07, 6.45) is 1.69. The molecule has 0 atom stereocenters. The average molecular weight is 261 g/mol. The van der Waals surface area contributed by atoms with Gasteiger partial charge in [-0.05, 0) is 36.9 Å². The van der Waals surface area contributed by atoms with E-state index in [0.29, 0.717) is 6.61 Å². The summed E-state index contributed by atoms with van der Waals surface area (Å²) < 4.78 is 16.3. The Morgan fingerprint density at radius 3 is 2.53 bits per heavy atom. The van der Waals surface area contributed by atoms with E-state index in [9.17, 15) is 0 Å². The third-order valence-electron chi connectivity index (χ3n) is 2.83. The molecule has 2 rings (SSSR count). The van der Waals surface area contributed by atoms with E-state index in [1.54, 1.807) is 13.4 Å². The van der Waals surface area contributed by atoms with Crippen LogP contribution in [0.4, 0.5) is 0 Å². The number of furan rings is 1. The van der Waals surface area contributed by atoms with Gasteiger partial charge in [-0.2, -0.15) is 0 Å². The van der Waals surface area contributed by atoms with Gasteiger partial charge in [0.15, 0.2) is 0 Å². The van der Waals surface area contributed by atoms with Crippen molar-refractivity contribution in [3.63, 3.8) is 0 Å². The fourth-order valence-electron chi connectivity index (χ4n) is 1.72.